The number of imidazole rings is 1. The monoisotopic (exact) mass is 324 g/mol. The van der Waals surface area contributed by atoms with E-state index in [1.54, 1.807) is 11.8 Å². The predicted octanol–water partition coefficient (Wildman–Crippen LogP) is 2.27. The molecule has 1 aliphatic heterocycles. The number of thioether (sulfide) groups is 1. The van der Waals surface area contributed by atoms with Crippen LogP contribution in [0.2, 0.25) is 0 Å². The van der Waals surface area contributed by atoms with Gasteiger partial charge in [-0.05, 0) is 52.0 Å². The fourth-order valence-corrected chi connectivity index (χ4v) is 3.53. The lowest BCUT2D eigenvalue weighted by molar-refractivity contribution is -0.122. The summed E-state index contributed by atoms with van der Waals surface area (Å²) in [6, 6.07) is 0.616. The first kappa shape index (κ1) is 17.3. The summed E-state index contributed by atoms with van der Waals surface area (Å²) in [6.07, 6.45) is 6.77. The molecule has 6 heteroatoms. The molecule has 1 aromatic heterocycles. The molecule has 0 bridgehead atoms. The Bertz CT molecular complexity index is 492. The van der Waals surface area contributed by atoms with E-state index in [0.29, 0.717) is 24.9 Å². The van der Waals surface area contributed by atoms with Crippen molar-refractivity contribution in [1.82, 2.24) is 19.8 Å². The van der Waals surface area contributed by atoms with Gasteiger partial charge in [0.1, 0.15) is 0 Å². The summed E-state index contributed by atoms with van der Waals surface area (Å²) in [4.78, 5) is 18.9. The van der Waals surface area contributed by atoms with Gasteiger partial charge in [-0.2, -0.15) is 0 Å². The number of carbonyl (C=O) groups excluding carboxylic acids is 1. The molecule has 1 aliphatic rings. The van der Waals surface area contributed by atoms with E-state index in [0.717, 1.165) is 36.8 Å². The topological polar surface area (TPSA) is 50.2 Å². The molecule has 2 rings (SSSR count). The molecule has 5 nitrogen and oxygen atoms in total. The third kappa shape index (κ3) is 4.49. The fraction of sp³-hybridized carbons (Fsp3) is 0.750. The van der Waals surface area contributed by atoms with E-state index in [1.165, 1.54) is 0 Å². The van der Waals surface area contributed by atoms with E-state index in [9.17, 15) is 4.79 Å². The lowest BCUT2D eigenvalue weighted by atomic mass is 9.92. The number of rotatable bonds is 6. The molecule has 1 fully saturated rings. The molecular weight excluding hydrogens is 296 g/mol. The highest BCUT2D eigenvalue weighted by atomic mass is 32.2. The van der Waals surface area contributed by atoms with Gasteiger partial charge in [-0.15, -0.1) is 0 Å². The molecule has 22 heavy (non-hydrogen) atoms. The summed E-state index contributed by atoms with van der Waals surface area (Å²) < 4.78 is 2.03. The number of piperidine rings is 1. The highest BCUT2D eigenvalue weighted by Gasteiger charge is 2.22. The Morgan fingerprint density at radius 2 is 2.14 bits per heavy atom. The van der Waals surface area contributed by atoms with Crippen molar-refractivity contribution in [3.63, 3.8) is 0 Å². The van der Waals surface area contributed by atoms with Crippen LogP contribution in [0.15, 0.2) is 11.4 Å². The maximum absolute atomic E-state index is 12.1. The molecule has 0 saturated carbocycles. The van der Waals surface area contributed by atoms with Gasteiger partial charge in [0, 0.05) is 19.5 Å². The number of nitrogens with zero attached hydrogens (tertiary/aromatic N) is 3. The Kier molecular flexibility index (Phi) is 6.32. The Morgan fingerprint density at radius 3 is 2.68 bits per heavy atom. The standard InChI is InChI=1S/C16H28N4OS/c1-12(2)20-7-5-13(6-8-20)9-15(21)17-10-14-11-18-16(22-4)19(14)3/h11-13H,5-10H2,1-4H3,(H,17,21). The maximum atomic E-state index is 12.1. The van der Waals surface area contributed by atoms with Crippen molar-refractivity contribution in [2.75, 3.05) is 19.3 Å². The largest absolute Gasteiger partial charge is 0.350 e. The van der Waals surface area contributed by atoms with Crippen LogP contribution in [0.3, 0.4) is 0 Å². The Balaban J connectivity index is 1.73. The van der Waals surface area contributed by atoms with E-state index < -0.39 is 0 Å². The average Bonchev–Trinajstić information content (AvgIpc) is 2.86. The van der Waals surface area contributed by atoms with Crippen molar-refractivity contribution < 1.29 is 4.79 Å². The zero-order valence-electron chi connectivity index (χ0n) is 14.1. The molecule has 1 amide bonds. The lowest BCUT2D eigenvalue weighted by Crippen LogP contribution is -2.39. The average molecular weight is 324 g/mol. The number of aromatic nitrogens is 2. The number of hydrogen-bond acceptors (Lipinski definition) is 4. The van der Waals surface area contributed by atoms with Crippen LogP contribution in [0.5, 0.6) is 0 Å². The van der Waals surface area contributed by atoms with Crippen LogP contribution in [0.25, 0.3) is 0 Å². The molecule has 0 unspecified atom stereocenters. The number of carbonyl (C=O) groups is 1. The highest BCUT2D eigenvalue weighted by Crippen LogP contribution is 2.21. The number of likely N-dealkylation sites (tertiary alicyclic amines) is 1. The van der Waals surface area contributed by atoms with Gasteiger partial charge in [0.25, 0.3) is 0 Å². The molecule has 0 aliphatic carbocycles. The van der Waals surface area contributed by atoms with E-state index in [-0.39, 0.29) is 5.91 Å². The number of hydrogen-bond donors (Lipinski definition) is 1. The van der Waals surface area contributed by atoms with E-state index >= 15 is 0 Å². The predicted molar refractivity (Wildman–Crippen MR) is 90.9 cm³/mol. The third-order valence-electron chi connectivity index (χ3n) is 4.54. The molecule has 0 aromatic carbocycles. The molecule has 1 aromatic rings. The van der Waals surface area contributed by atoms with Crippen molar-refractivity contribution >= 4 is 17.7 Å². The van der Waals surface area contributed by atoms with Crippen molar-refractivity contribution in [2.45, 2.75) is 50.9 Å². The van der Waals surface area contributed by atoms with Crippen LogP contribution in [0.4, 0.5) is 0 Å². The minimum absolute atomic E-state index is 0.162. The minimum Gasteiger partial charge on any atom is -0.350 e. The van der Waals surface area contributed by atoms with Crippen molar-refractivity contribution in [3.05, 3.63) is 11.9 Å². The van der Waals surface area contributed by atoms with Gasteiger partial charge in [0.15, 0.2) is 5.16 Å². The fourth-order valence-electron chi connectivity index (χ4n) is 2.98. The Hall–Kier alpha value is -1.01. The third-order valence-corrected chi connectivity index (χ3v) is 5.29. The quantitative estimate of drug-likeness (QED) is 0.816. The van der Waals surface area contributed by atoms with Crippen molar-refractivity contribution in [2.24, 2.45) is 13.0 Å². The maximum Gasteiger partial charge on any atom is 0.220 e. The zero-order valence-corrected chi connectivity index (χ0v) is 14.9. The summed E-state index contributed by atoms with van der Waals surface area (Å²) in [5.41, 5.74) is 1.05. The summed E-state index contributed by atoms with van der Waals surface area (Å²) in [7, 11) is 1.99. The Morgan fingerprint density at radius 1 is 1.45 bits per heavy atom. The van der Waals surface area contributed by atoms with E-state index in [2.05, 4.69) is 29.0 Å². The van der Waals surface area contributed by atoms with Gasteiger partial charge in [0.2, 0.25) is 5.91 Å². The zero-order chi connectivity index (χ0) is 16.1. The van der Waals surface area contributed by atoms with Crippen LogP contribution >= 0.6 is 11.8 Å². The van der Waals surface area contributed by atoms with Gasteiger partial charge in [0.05, 0.1) is 18.4 Å². The molecule has 0 spiro atoms. The van der Waals surface area contributed by atoms with Crippen LogP contribution < -0.4 is 5.32 Å². The second kappa shape index (κ2) is 8.02. The van der Waals surface area contributed by atoms with Gasteiger partial charge in [-0.25, -0.2) is 4.98 Å². The van der Waals surface area contributed by atoms with Crippen molar-refractivity contribution in [3.8, 4) is 0 Å². The first-order valence-corrected chi connectivity index (χ1v) is 9.29. The summed E-state index contributed by atoms with van der Waals surface area (Å²) in [5, 5.41) is 4.01. The molecule has 1 saturated heterocycles. The molecule has 0 radical (unpaired) electrons. The number of nitrogens with one attached hydrogen (secondary N) is 1. The second-order valence-electron chi connectivity index (χ2n) is 6.35. The second-order valence-corrected chi connectivity index (χ2v) is 7.12. The summed E-state index contributed by atoms with van der Waals surface area (Å²) >= 11 is 1.62. The van der Waals surface area contributed by atoms with Crippen molar-refractivity contribution in [1.29, 1.82) is 0 Å². The molecular formula is C16H28N4OS. The van der Waals surface area contributed by atoms with Crippen LogP contribution in [0, 0.1) is 5.92 Å². The Labute approximate surface area is 137 Å². The lowest BCUT2D eigenvalue weighted by Gasteiger charge is -2.34. The van der Waals surface area contributed by atoms with Gasteiger partial charge in [-0.1, -0.05) is 11.8 Å². The smallest absolute Gasteiger partial charge is 0.220 e. The minimum atomic E-state index is 0.162. The SMILES string of the molecule is CSc1ncc(CNC(=O)CC2CCN(C(C)C)CC2)n1C. The van der Waals surface area contributed by atoms with Gasteiger partial charge >= 0.3 is 0 Å². The highest BCUT2D eigenvalue weighted by molar-refractivity contribution is 7.98. The van der Waals surface area contributed by atoms with Crippen LogP contribution in [0.1, 0.15) is 38.8 Å². The molecule has 124 valence electrons. The van der Waals surface area contributed by atoms with Crippen LogP contribution in [-0.4, -0.2) is 45.7 Å². The van der Waals surface area contributed by atoms with Gasteiger partial charge in [-0.3, -0.25) is 4.79 Å². The normalized spacial score (nSPS) is 17.1. The molecule has 0 atom stereocenters. The number of amides is 1. The summed E-state index contributed by atoms with van der Waals surface area (Å²) in [6.45, 7) is 7.28. The van der Waals surface area contributed by atoms with E-state index in [1.807, 2.05) is 24.1 Å². The first-order valence-electron chi connectivity index (χ1n) is 8.06. The molecule has 2 heterocycles. The van der Waals surface area contributed by atoms with E-state index in [4.69, 9.17) is 0 Å². The molecule has 1 N–H and O–H groups in total. The first-order chi connectivity index (χ1) is 10.5. The van der Waals surface area contributed by atoms with Gasteiger partial charge < -0.3 is 14.8 Å². The van der Waals surface area contributed by atoms with Crippen LogP contribution in [-0.2, 0) is 18.4 Å². The summed E-state index contributed by atoms with van der Waals surface area (Å²) in [5.74, 6) is 0.693.